The van der Waals surface area contributed by atoms with Crippen LogP contribution in [0.4, 0.5) is 16.4 Å². The minimum Gasteiger partial charge on any atom is -0.495 e. The summed E-state index contributed by atoms with van der Waals surface area (Å²) < 4.78 is 10.2. The predicted molar refractivity (Wildman–Crippen MR) is 112 cm³/mol. The Hall–Kier alpha value is -2.72. The summed E-state index contributed by atoms with van der Waals surface area (Å²) in [4.78, 5) is 24.0. The molecule has 2 aromatic rings. The number of nitro benzene ring substituents is 1. The van der Waals surface area contributed by atoms with E-state index in [1.165, 1.54) is 43.8 Å². The van der Waals surface area contributed by atoms with E-state index in [1.807, 2.05) is 0 Å². The maximum atomic E-state index is 12.3. The number of anilines is 2. The number of esters is 1. The van der Waals surface area contributed by atoms with Crippen LogP contribution >= 0.6 is 23.6 Å². The van der Waals surface area contributed by atoms with E-state index >= 15 is 0 Å². The number of hydrogen-bond acceptors (Lipinski definition) is 7. The predicted octanol–water partition coefficient (Wildman–Crippen LogP) is 4.14. The van der Waals surface area contributed by atoms with E-state index < -0.39 is 10.9 Å². The molecular weight excluding hydrogens is 402 g/mol. The second-order valence-corrected chi connectivity index (χ2v) is 7.64. The second kappa shape index (κ2) is 8.53. The number of benzene rings is 1. The number of carbonyl (C=O) groups excluding carboxylic acids is 1. The van der Waals surface area contributed by atoms with Gasteiger partial charge in [-0.05, 0) is 49.5 Å². The molecule has 1 aliphatic carbocycles. The fraction of sp³-hybridized carbons (Fsp3) is 0.333. The fourth-order valence-corrected chi connectivity index (χ4v) is 4.69. The summed E-state index contributed by atoms with van der Waals surface area (Å²) in [5.41, 5.74) is 1.79. The Labute approximate surface area is 171 Å². The van der Waals surface area contributed by atoms with Crippen molar-refractivity contribution < 1.29 is 19.2 Å². The standard InChI is InChI=1S/C18H19N3O5S2/c1-25-13-8-7-10(21(23)24)9-12(13)19-18(27)20-16-15(17(22)26-2)11-5-3-4-6-14(11)28-16/h7-9H,3-6H2,1-2H3,(H2,19,20,27). The van der Waals surface area contributed by atoms with Gasteiger partial charge in [0.15, 0.2) is 5.11 Å². The number of thiocarbonyl (C=S) groups is 1. The van der Waals surface area contributed by atoms with Crippen molar-refractivity contribution in [1.29, 1.82) is 0 Å². The minimum absolute atomic E-state index is 0.0899. The van der Waals surface area contributed by atoms with Crippen LogP contribution in [0.5, 0.6) is 5.75 Å². The average molecular weight is 422 g/mol. The van der Waals surface area contributed by atoms with Gasteiger partial charge in [0.2, 0.25) is 0 Å². The molecule has 148 valence electrons. The van der Waals surface area contributed by atoms with Crippen molar-refractivity contribution in [3.63, 3.8) is 0 Å². The van der Waals surface area contributed by atoms with Crippen LogP contribution in [0, 0.1) is 10.1 Å². The highest BCUT2D eigenvalue weighted by molar-refractivity contribution is 7.80. The number of nitro groups is 1. The first-order chi connectivity index (χ1) is 13.4. The van der Waals surface area contributed by atoms with Gasteiger partial charge in [-0.25, -0.2) is 4.79 Å². The van der Waals surface area contributed by atoms with Crippen molar-refractivity contribution in [1.82, 2.24) is 0 Å². The third kappa shape index (κ3) is 4.07. The topological polar surface area (TPSA) is 103 Å². The van der Waals surface area contributed by atoms with Crippen LogP contribution < -0.4 is 15.4 Å². The van der Waals surface area contributed by atoms with Crippen molar-refractivity contribution in [3.8, 4) is 5.75 Å². The molecule has 0 saturated heterocycles. The molecule has 0 bridgehead atoms. The molecule has 1 aromatic carbocycles. The first-order valence-electron chi connectivity index (χ1n) is 8.58. The Kier molecular flexibility index (Phi) is 6.10. The highest BCUT2D eigenvalue weighted by Gasteiger charge is 2.26. The smallest absolute Gasteiger partial charge is 0.341 e. The number of non-ortho nitro benzene ring substituents is 1. The largest absolute Gasteiger partial charge is 0.495 e. The van der Waals surface area contributed by atoms with Gasteiger partial charge in [0.1, 0.15) is 10.8 Å². The molecule has 1 heterocycles. The lowest BCUT2D eigenvalue weighted by Gasteiger charge is -2.14. The number of nitrogens with one attached hydrogen (secondary N) is 2. The Bertz CT molecular complexity index is 942. The Morgan fingerprint density at radius 1 is 1.25 bits per heavy atom. The molecule has 0 unspecified atom stereocenters. The van der Waals surface area contributed by atoms with Gasteiger partial charge in [-0.15, -0.1) is 11.3 Å². The van der Waals surface area contributed by atoms with Gasteiger partial charge in [-0.2, -0.15) is 0 Å². The van der Waals surface area contributed by atoms with E-state index in [9.17, 15) is 14.9 Å². The van der Waals surface area contributed by atoms with Gasteiger partial charge in [0.05, 0.1) is 30.4 Å². The van der Waals surface area contributed by atoms with Crippen molar-refractivity contribution in [3.05, 3.63) is 44.3 Å². The Morgan fingerprint density at radius 3 is 2.68 bits per heavy atom. The number of hydrogen-bond donors (Lipinski definition) is 2. The third-order valence-corrected chi connectivity index (χ3v) is 5.84. The number of methoxy groups -OCH3 is 2. The number of nitrogens with zero attached hydrogens (tertiary/aromatic N) is 1. The van der Waals surface area contributed by atoms with E-state index in [-0.39, 0.29) is 10.8 Å². The summed E-state index contributed by atoms with van der Waals surface area (Å²) in [5, 5.41) is 17.8. The van der Waals surface area contributed by atoms with Crippen LogP contribution in [0.3, 0.4) is 0 Å². The number of ether oxygens (including phenoxy) is 2. The van der Waals surface area contributed by atoms with Gasteiger partial charge >= 0.3 is 5.97 Å². The highest BCUT2D eigenvalue weighted by Crippen LogP contribution is 2.39. The molecule has 0 radical (unpaired) electrons. The van der Waals surface area contributed by atoms with Gasteiger partial charge in [0, 0.05) is 17.0 Å². The number of fused-ring (bicyclic) bond motifs is 1. The quantitative estimate of drug-likeness (QED) is 0.321. The average Bonchev–Trinajstić information content (AvgIpc) is 3.04. The molecule has 10 heteroatoms. The molecule has 0 aliphatic heterocycles. The Morgan fingerprint density at radius 2 is 2.00 bits per heavy atom. The van der Waals surface area contributed by atoms with Gasteiger partial charge in [0.25, 0.3) is 5.69 Å². The first kappa shape index (κ1) is 20.0. The maximum absolute atomic E-state index is 12.3. The van der Waals surface area contributed by atoms with Crippen molar-refractivity contribution in [2.75, 3.05) is 24.9 Å². The molecule has 0 fully saturated rings. The van der Waals surface area contributed by atoms with Crippen molar-refractivity contribution in [2.24, 2.45) is 0 Å². The summed E-state index contributed by atoms with van der Waals surface area (Å²) in [7, 11) is 2.81. The van der Waals surface area contributed by atoms with Crippen LogP contribution in [0.25, 0.3) is 0 Å². The molecule has 3 rings (SSSR count). The second-order valence-electron chi connectivity index (χ2n) is 6.13. The van der Waals surface area contributed by atoms with E-state index in [0.717, 1.165) is 36.1 Å². The number of aryl methyl sites for hydroxylation is 1. The van der Waals surface area contributed by atoms with Crippen LogP contribution in [0.2, 0.25) is 0 Å². The molecule has 0 saturated carbocycles. The highest BCUT2D eigenvalue weighted by atomic mass is 32.1. The lowest BCUT2D eigenvalue weighted by Crippen LogP contribution is -2.20. The molecule has 2 N–H and O–H groups in total. The molecule has 28 heavy (non-hydrogen) atoms. The van der Waals surface area contributed by atoms with E-state index in [4.69, 9.17) is 21.7 Å². The zero-order chi connectivity index (χ0) is 20.3. The van der Waals surface area contributed by atoms with Gasteiger partial charge in [-0.1, -0.05) is 0 Å². The lowest BCUT2D eigenvalue weighted by atomic mass is 9.95. The van der Waals surface area contributed by atoms with Crippen LogP contribution in [-0.4, -0.2) is 30.2 Å². The van der Waals surface area contributed by atoms with Crippen LogP contribution in [-0.2, 0) is 17.6 Å². The van der Waals surface area contributed by atoms with E-state index in [0.29, 0.717) is 22.0 Å². The molecule has 1 aliphatic rings. The zero-order valence-electron chi connectivity index (χ0n) is 15.4. The molecule has 0 spiro atoms. The summed E-state index contributed by atoms with van der Waals surface area (Å²) in [5.74, 6) is 0.00560. The number of rotatable bonds is 5. The van der Waals surface area contributed by atoms with Gasteiger partial charge < -0.3 is 20.1 Å². The maximum Gasteiger partial charge on any atom is 0.341 e. The summed E-state index contributed by atoms with van der Waals surface area (Å²) in [6, 6.07) is 4.18. The normalized spacial score (nSPS) is 12.6. The first-order valence-corrected chi connectivity index (χ1v) is 9.80. The van der Waals surface area contributed by atoms with Crippen molar-refractivity contribution in [2.45, 2.75) is 25.7 Å². The molecule has 1 aromatic heterocycles. The summed E-state index contributed by atoms with van der Waals surface area (Å²) in [6.07, 6.45) is 3.86. The van der Waals surface area contributed by atoms with Crippen LogP contribution in [0.15, 0.2) is 18.2 Å². The molecule has 0 atom stereocenters. The number of thiophene rings is 1. The number of carbonyl (C=O) groups is 1. The van der Waals surface area contributed by atoms with Crippen LogP contribution in [0.1, 0.15) is 33.6 Å². The summed E-state index contributed by atoms with van der Waals surface area (Å²) in [6.45, 7) is 0. The zero-order valence-corrected chi connectivity index (χ0v) is 17.0. The fourth-order valence-electron chi connectivity index (χ4n) is 3.14. The minimum atomic E-state index is -0.496. The lowest BCUT2D eigenvalue weighted by molar-refractivity contribution is -0.384. The monoisotopic (exact) mass is 421 g/mol. The SMILES string of the molecule is COC(=O)c1c(NC(=S)Nc2cc([N+](=O)[O-])ccc2OC)sc2c1CCCC2. The summed E-state index contributed by atoms with van der Waals surface area (Å²) >= 11 is 6.85. The molecular formula is C18H19N3O5S2. The molecule has 8 nitrogen and oxygen atoms in total. The van der Waals surface area contributed by atoms with Crippen molar-refractivity contribution >= 4 is 51.0 Å². The molecule has 0 amide bonds. The van der Waals surface area contributed by atoms with E-state index in [1.54, 1.807) is 0 Å². The van der Waals surface area contributed by atoms with Gasteiger partial charge in [-0.3, -0.25) is 10.1 Å². The van der Waals surface area contributed by atoms with E-state index in [2.05, 4.69) is 10.6 Å². The Balaban J connectivity index is 1.86. The third-order valence-electron chi connectivity index (χ3n) is 4.43.